The van der Waals surface area contributed by atoms with Crippen LogP contribution in [0.4, 0.5) is 5.69 Å². The summed E-state index contributed by atoms with van der Waals surface area (Å²) in [5.41, 5.74) is -1.37. The molecular weight excluding hydrogens is 276 g/mol. The summed E-state index contributed by atoms with van der Waals surface area (Å²) >= 11 is 0. The third-order valence-corrected chi connectivity index (χ3v) is 4.10. The largest absolute Gasteiger partial charge is 0.481 e. The Morgan fingerprint density at radius 3 is 2.71 bits per heavy atom. The second-order valence-corrected chi connectivity index (χ2v) is 5.42. The number of benzene rings is 1. The lowest BCUT2D eigenvalue weighted by atomic mass is 9.85. The minimum atomic E-state index is -1.03. The molecule has 0 radical (unpaired) electrons. The Kier molecular flexibility index (Phi) is 3.93. The van der Waals surface area contributed by atoms with Gasteiger partial charge in [-0.2, -0.15) is 0 Å². The van der Waals surface area contributed by atoms with E-state index in [0.29, 0.717) is 19.3 Å². The van der Waals surface area contributed by atoms with Gasteiger partial charge in [-0.15, -0.1) is 0 Å². The van der Waals surface area contributed by atoms with Crippen molar-refractivity contribution in [3.63, 3.8) is 0 Å². The zero-order valence-electron chi connectivity index (χ0n) is 11.5. The van der Waals surface area contributed by atoms with Gasteiger partial charge in [-0.25, -0.2) is 0 Å². The van der Waals surface area contributed by atoms with Crippen molar-refractivity contribution in [1.29, 1.82) is 0 Å². The van der Waals surface area contributed by atoms with Crippen molar-refractivity contribution in [2.75, 3.05) is 0 Å². The lowest BCUT2D eigenvalue weighted by molar-refractivity contribution is -0.385. The summed E-state index contributed by atoms with van der Waals surface area (Å²) in [4.78, 5) is 33.9. The fourth-order valence-electron chi connectivity index (χ4n) is 2.71. The van der Waals surface area contributed by atoms with Crippen molar-refractivity contribution >= 4 is 17.6 Å². The van der Waals surface area contributed by atoms with E-state index in [9.17, 15) is 24.8 Å². The van der Waals surface area contributed by atoms with Crippen LogP contribution in [0, 0.1) is 15.5 Å². The monoisotopic (exact) mass is 292 g/mol. The van der Waals surface area contributed by atoms with Crippen molar-refractivity contribution in [3.05, 3.63) is 39.9 Å². The Morgan fingerprint density at radius 2 is 2.10 bits per heavy atom. The molecule has 0 saturated heterocycles. The predicted molar refractivity (Wildman–Crippen MR) is 73.9 cm³/mol. The molecule has 2 atom stereocenters. The normalized spacial score (nSPS) is 24.5. The highest BCUT2D eigenvalue weighted by Crippen LogP contribution is 2.38. The third kappa shape index (κ3) is 2.72. The second kappa shape index (κ2) is 5.51. The molecule has 2 rings (SSSR count). The number of carbonyl (C=O) groups excluding carboxylic acids is 1. The molecule has 0 bridgehead atoms. The fraction of sp³-hybridized carbons (Fsp3) is 0.429. The van der Waals surface area contributed by atoms with Gasteiger partial charge in [0.25, 0.3) is 11.6 Å². The molecule has 1 aliphatic carbocycles. The molecule has 1 aliphatic rings. The van der Waals surface area contributed by atoms with E-state index in [4.69, 9.17) is 0 Å². The minimum absolute atomic E-state index is 0.0536. The average molecular weight is 292 g/mol. The summed E-state index contributed by atoms with van der Waals surface area (Å²) in [7, 11) is 0. The third-order valence-electron chi connectivity index (χ3n) is 4.10. The first-order chi connectivity index (χ1) is 9.86. The number of carboxylic acids is 1. The number of carbonyl (C=O) groups is 2. The van der Waals surface area contributed by atoms with Crippen LogP contribution in [-0.2, 0) is 4.79 Å². The van der Waals surface area contributed by atoms with Crippen LogP contribution in [0.15, 0.2) is 24.3 Å². The predicted octanol–water partition coefficient (Wildman–Crippen LogP) is 1.97. The van der Waals surface area contributed by atoms with Crippen LogP contribution in [0.25, 0.3) is 0 Å². The molecule has 7 nitrogen and oxygen atoms in total. The molecule has 0 heterocycles. The van der Waals surface area contributed by atoms with Gasteiger partial charge in [-0.05, 0) is 25.8 Å². The first-order valence-electron chi connectivity index (χ1n) is 6.64. The van der Waals surface area contributed by atoms with Crippen LogP contribution < -0.4 is 5.32 Å². The van der Waals surface area contributed by atoms with Crippen LogP contribution in [-0.4, -0.2) is 27.9 Å². The van der Waals surface area contributed by atoms with Gasteiger partial charge >= 0.3 is 5.97 Å². The number of aliphatic carboxylic acids is 1. The lowest BCUT2D eigenvalue weighted by Crippen LogP contribution is -2.47. The molecule has 2 unspecified atom stereocenters. The van der Waals surface area contributed by atoms with Crippen LogP contribution >= 0.6 is 0 Å². The van der Waals surface area contributed by atoms with E-state index >= 15 is 0 Å². The SMILES string of the molecule is CC1(C(=O)O)CCCC1NC(=O)c1ccccc1[N+](=O)[O-]. The molecule has 0 spiro atoms. The van der Waals surface area contributed by atoms with Gasteiger partial charge in [0, 0.05) is 12.1 Å². The molecule has 1 amide bonds. The van der Waals surface area contributed by atoms with Gasteiger partial charge in [0.2, 0.25) is 0 Å². The Balaban J connectivity index is 2.23. The molecule has 2 N–H and O–H groups in total. The quantitative estimate of drug-likeness (QED) is 0.651. The van der Waals surface area contributed by atoms with E-state index in [1.54, 1.807) is 6.92 Å². The minimum Gasteiger partial charge on any atom is -0.481 e. The van der Waals surface area contributed by atoms with Crippen LogP contribution in [0.3, 0.4) is 0 Å². The summed E-state index contributed by atoms with van der Waals surface area (Å²) in [5, 5.41) is 22.9. The topological polar surface area (TPSA) is 110 Å². The fourth-order valence-corrected chi connectivity index (χ4v) is 2.71. The summed E-state index contributed by atoms with van der Waals surface area (Å²) < 4.78 is 0. The van der Waals surface area contributed by atoms with Crippen molar-refractivity contribution in [1.82, 2.24) is 5.32 Å². The molecule has 1 fully saturated rings. The highest BCUT2D eigenvalue weighted by molar-refractivity contribution is 5.98. The standard InChI is InChI=1S/C14H16N2O5/c1-14(13(18)19)8-4-7-11(14)15-12(17)9-5-2-3-6-10(9)16(20)21/h2-3,5-6,11H,4,7-8H2,1H3,(H,15,17)(H,18,19). The van der Waals surface area contributed by atoms with E-state index in [0.717, 1.165) is 0 Å². The number of hydrogen-bond acceptors (Lipinski definition) is 4. The first kappa shape index (κ1) is 15.0. The molecule has 1 saturated carbocycles. The highest BCUT2D eigenvalue weighted by atomic mass is 16.6. The van der Waals surface area contributed by atoms with Gasteiger partial charge in [0.15, 0.2) is 0 Å². The maximum Gasteiger partial charge on any atom is 0.311 e. The number of nitro groups is 1. The lowest BCUT2D eigenvalue weighted by Gasteiger charge is -2.27. The molecule has 1 aromatic rings. The maximum absolute atomic E-state index is 12.2. The Bertz CT molecular complexity index is 601. The smallest absolute Gasteiger partial charge is 0.311 e. The van der Waals surface area contributed by atoms with Crippen molar-refractivity contribution < 1.29 is 19.6 Å². The second-order valence-electron chi connectivity index (χ2n) is 5.42. The molecule has 1 aromatic carbocycles. The first-order valence-corrected chi connectivity index (χ1v) is 6.64. The van der Waals surface area contributed by atoms with E-state index in [-0.39, 0.29) is 11.3 Å². The summed E-state index contributed by atoms with van der Waals surface area (Å²) in [6.45, 7) is 1.59. The van der Waals surface area contributed by atoms with E-state index in [1.165, 1.54) is 24.3 Å². The number of amides is 1. The molecule has 21 heavy (non-hydrogen) atoms. The van der Waals surface area contributed by atoms with Crippen molar-refractivity contribution in [2.24, 2.45) is 5.41 Å². The number of para-hydroxylation sites is 1. The molecule has 0 aromatic heterocycles. The Morgan fingerprint density at radius 1 is 1.43 bits per heavy atom. The number of nitrogens with one attached hydrogen (secondary N) is 1. The van der Waals surface area contributed by atoms with E-state index in [1.807, 2.05) is 0 Å². The Hall–Kier alpha value is -2.44. The van der Waals surface area contributed by atoms with Crippen molar-refractivity contribution in [2.45, 2.75) is 32.2 Å². The zero-order valence-corrected chi connectivity index (χ0v) is 11.5. The van der Waals surface area contributed by atoms with Crippen LogP contribution in [0.1, 0.15) is 36.5 Å². The van der Waals surface area contributed by atoms with Gasteiger partial charge in [-0.1, -0.05) is 18.6 Å². The molecular formula is C14H16N2O5. The number of hydrogen-bond donors (Lipinski definition) is 2. The van der Waals surface area contributed by atoms with E-state index in [2.05, 4.69) is 5.32 Å². The summed E-state index contributed by atoms with van der Waals surface area (Å²) in [6.07, 6.45) is 1.73. The van der Waals surface area contributed by atoms with Gasteiger partial charge < -0.3 is 10.4 Å². The number of carboxylic acid groups (broad SMARTS) is 1. The number of rotatable bonds is 4. The zero-order chi connectivity index (χ0) is 15.6. The van der Waals surface area contributed by atoms with E-state index < -0.39 is 28.3 Å². The summed E-state index contributed by atoms with van der Waals surface area (Å²) in [5.74, 6) is -1.57. The average Bonchev–Trinajstić information content (AvgIpc) is 2.81. The van der Waals surface area contributed by atoms with Gasteiger partial charge in [-0.3, -0.25) is 19.7 Å². The van der Waals surface area contributed by atoms with Crippen molar-refractivity contribution in [3.8, 4) is 0 Å². The summed E-state index contributed by atoms with van der Waals surface area (Å²) in [6, 6.07) is 5.10. The highest BCUT2D eigenvalue weighted by Gasteiger charge is 2.46. The molecule has 0 aliphatic heterocycles. The number of nitrogens with zero attached hydrogens (tertiary/aromatic N) is 1. The van der Waals surface area contributed by atoms with Gasteiger partial charge in [0.05, 0.1) is 10.3 Å². The molecule has 112 valence electrons. The van der Waals surface area contributed by atoms with Gasteiger partial charge in [0.1, 0.15) is 5.56 Å². The van der Waals surface area contributed by atoms with Crippen LogP contribution in [0.2, 0.25) is 0 Å². The van der Waals surface area contributed by atoms with Crippen LogP contribution in [0.5, 0.6) is 0 Å². The number of nitro benzene ring substituents is 1. The molecule has 7 heteroatoms. The Labute approximate surface area is 121 Å². The maximum atomic E-state index is 12.2.